The number of rotatable bonds is 8. The van der Waals surface area contributed by atoms with Crippen molar-refractivity contribution in [2.24, 2.45) is 10.3 Å². The van der Waals surface area contributed by atoms with Crippen molar-refractivity contribution < 1.29 is 18.3 Å². The number of fused-ring (bicyclic) bond motifs is 1. The van der Waals surface area contributed by atoms with Crippen LogP contribution in [0.15, 0.2) is 58.1 Å². The van der Waals surface area contributed by atoms with Gasteiger partial charge in [0, 0.05) is 38.7 Å². The summed E-state index contributed by atoms with van der Waals surface area (Å²) in [5.41, 5.74) is 0.643. The van der Waals surface area contributed by atoms with E-state index < -0.39 is 28.7 Å². The van der Waals surface area contributed by atoms with E-state index in [1.807, 2.05) is 0 Å². The number of nitrogens with zero attached hydrogens (tertiary/aromatic N) is 4. The lowest BCUT2D eigenvalue weighted by Crippen LogP contribution is -2.62. The van der Waals surface area contributed by atoms with Crippen molar-refractivity contribution in [2.45, 2.75) is 36.5 Å². The van der Waals surface area contributed by atoms with Crippen molar-refractivity contribution in [2.75, 3.05) is 30.5 Å². The minimum absolute atomic E-state index is 0.0178. The summed E-state index contributed by atoms with van der Waals surface area (Å²) < 4.78 is 34.3. The molecule has 1 fully saturated rings. The molecule has 0 radical (unpaired) electrons. The van der Waals surface area contributed by atoms with Crippen LogP contribution < -0.4 is 21.0 Å². The van der Waals surface area contributed by atoms with E-state index in [0.29, 0.717) is 18.8 Å². The molecule has 2 aliphatic carbocycles. The number of carbonyl (C=O) groups excluding carboxylic acids is 1. The molecule has 9 nitrogen and oxygen atoms in total. The van der Waals surface area contributed by atoms with Crippen molar-refractivity contribution in [3.05, 3.63) is 59.4 Å². The Morgan fingerprint density at radius 1 is 1.35 bits per heavy atom. The second-order valence-electron chi connectivity index (χ2n) is 8.47. The zero-order valence-corrected chi connectivity index (χ0v) is 19.1. The molecule has 0 bridgehead atoms. The van der Waals surface area contributed by atoms with Gasteiger partial charge in [-0.25, -0.2) is 14.2 Å². The maximum absolute atomic E-state index is 15.0. The normalized spacial score (nSPS) is 26.8. The number of hydrogen-bond donors (Lipinski definition) is 3. The molecule has 2 unspecified atom stereocenters. The van der Waals surface area contributed by atoms with E-state index in [1.165, 1.54) is 22.3 Å². The van der Waals surface area contributed by atoms with Gasteiger partial charge >= 0.3 is 0 Å². The summed E-state index contributed by atoms with van der Waals surface area (Å²) >= 11 is 6.84. The number of halogens is 3. The second-order valence-corrected chi connectivity index (χ2v) is 8.87. The molecule has 1 spiro atoms. The van der Waals surface area contributed by atoms with E-state index in [1.54, 1.807) is 31.5 Å². The molecule has 4 aliphatic rings. The Morgan fingerprint density at radius 3 is 2.85 bits per heavy atom. The van der Waals surface area contributed by atoms with Crippen LogP contribution in [0.25, 0.3) is 0 Å². The van der Waals surface area contributed by atoms with Crippen LogP contribution in [-0.4, -0.2) is 48.5 Å². The molecule has 1 aromatic carbocycles. The van der Waals surface area contributed by atoms with Crippen LogP contribution in [0, 0.1) is 11.6 Å². The number of anilines is 2. The Labute approximate surface area is 200 Å². The van der Waals surface area contributed by atoms with Crippen LogP contribution in [-0.2, 0) is 9.53 Å². The fraction of sp³-hybridized carbons (Fsp3) is 0.409. The molecule has 0 saturated heterocycles. The smallest absolute Gasteiger partial charge is 0.256 e. The van der Waals surface area contributed by atoms with Gasteiger partial charge in [0.1, 0.15) is 5.69 Å². The number of amides is 1. The number of nitrogens with one attached hydrogen (secondary N) is 3. The Balaban J connectivity index is 1.52. The standard InChI is InChI=1S/C22H24ClF2N7O2/c1-34-12-2-9-27-32-21(29-30-32)7-8-22(17(23)13-21,20(33)28-14-3-4-14)31-11-10-26-16-6-5-15(24)18(25)19(16)31/h5-8,10-11,13-14,26-27H,2-4,9,12H2,1H3,(H,28,33). The van der Waals surface area contributed by atoms with E-state index in [-0.39, 0.29) is 16.8 Å². The molecular weight excluding hydrogens is 468 g/mol. The largest absolute Gasteiger partial charge is 0.385 e. The van der Waals surface area contributed by atoms with Gasteiger partial charge in [0.2, 0.25) is 5.66 Å². The van der Waals surface area contributed by atoms with Gasteiger partial charge in [-0.3, -0.25) is 4.79 Å². The molecule has 12 heteroatoms. The minimum atomic E-state index is -1.65. The molecule has 3 N–H and O–H groups in total. The van der Waals surface area contributed by atoms with Crippen molar-refractivity contribution in [3.63, 3.8) is 0 Å². The highest BCUT2D eigenvalue weighted by Gasteiger charge is 2.54. The fourth-order valence-corrected chi connectivity index (χ4v) is 4.49. The van der Waals surface area contributed by atoms with Crippen LogP contribution >= 0.6 is 11.6 Å². The zero-order chi connectivity index (χ0) is 23.9. The lowest BCUT2D eigenvalue weighted by atomic mass is 9.85. The van der Waals surface area contributed by atoms with Gasteiger partial charge in [0.15, 0.2) is 17.2 Å². The fourth-order valence-electron chi connectivity index (χ4n) is 4.09. The number of carbonyl (C=O) groups is 1. The minimum Gasteiger partial charge on any atom is -0.385 e. The van der Waals surface area contributed by atoms with Gasteiger partial charge in [-0.2, -0.15) is 5.12 Å². The molecule has 2 heterocycles. The van der Waals surface area contributed by atoms with Gasteiger partial charge in [0.05, 0.1) is 10.7 Å². The third-order valence-corrected chi connectivity index (χ3v) is 6.50. The van der Waals surface area contributed by atoms with Gasteiger partial charge in [-0.1, -0.05) is 16.8 Å². The number of benzene rings is 1. The molecule has 5 rings (SSSR count). The summed E-state index contributed by atoms with van der Waals surface area (Å²) in [5.74, 6) is -2.57. The number of hydrogen-bond acceptors (Lipinski definition) is 8. The van der Waals surface area contributed by atoms with Crippen molar-refractivity contribution in [1.29, 1.82) is 0 Å². The third kappa shape index (κ3) is 3.64. The predicted octanol–water partition coefficient (Wildman–Crippen LogP) is 3.30. The predicted molar refractivity (Wildman–Crippen MR) is 122 cm³/mol. The maximum Gasteiger partial charge on any atom is 0.256 e. The van der Waals surface area contributed by atoms with Crippen molar-refractivity contribution in [1.82, 2.24) is 15.9 Å². The lowest BCUT2D eigenvalue weighted by Gasteiger charge is -2.47. The molecule has 0 aromatic heterocycles. The average molecular weight is 492 g/mol. The van der Waals surface area contributed by atoms with Crippen molar-refractivity contribution in [3.8, 4) is 0 Å². The van der Waals surface area contributed by atoms with Gasteiger partial charge in [-0.15, -0.1) is 5.11 Å². The number of hydrazine groups is 1. The van der Waals surface area contributed by atoms with E-state index in [9.17, 15) is 9.18 Å². The maximum atomic E-state index is 15.0. The summed E-state index contributed by atoms with van der Waals surface area (Å²) in [4.78, 5) is 15.0. The molecule has 1 amide bonds. The summed E-state index contributed by atoms with van der Waals surface area (Å²) in [6.07, 6.45) is 10.3. The average Bonchev–Trinajstić information content (AvgIpc) is 3.64. The van der Waals surface area contributed by atoms with Gasteiger partial charge < -0.3 is 20.3 Å². The Hall–Kier alpha value is -3.02. The first kappa shape index (κ1) is 22.8. The Bertz CT molecular complexity index is 1120. The molecular formula is C22H24ClF2N7O2. The molecule has 1 aromatic rings. The van der Waals surface area contributed by atoms with Crippen LogP contribution in [0.2, 0.25) is 0 Å². The zero-order valence-electron chi connectivity index (χ0n) is 18.4. The SMILES string of the molecule is COCCCNN1N=NC12C=CC(C(=O)NC1CC1)(N1C=CNc3ccc(F)c(F)c31)C(Cl)=C2. The number of ether oxygens (including phenoxy) is 1. The second kappa shape index (κ2) is 8.64. The van der Waals surface area contributed by atoms with Gasteiger partial charge in [0.25, 0.3) is 5.91 Å². The topological polar surface area (TPSA) is 93.6 Å². The third-order valence-electron chi connectivity index (χ3n) is 6.10. The monoisotopic (exact) mass is 491 g/mol. The molecule has 2 aliphatic heterocycles. The molecule has 1 saturated carbocycles. The van der Waals surface area contributed by atoms with Crippen LogP contribution in [0.1, 0.15) is 19.3 Å². The van der Waals surface area contributed by atoms with Crippen molar-refractivity contribution >= 4 is 28.9 Å². The first-order chi connectivity index (χ1) is 16.4. The Kier molecular flexibility index (Phi) is 5.78. The lowest BCUT2D eigenvalue weighted by molar-refractivity contribution is -0.123. The Morgan fingerprint density at radius 2 is 2.18 bits per heavy atom. The number of methoxy groups -OCH3 is 1. The first-order valence-corrected chi connectivity index (χ1v) is 11.4. The first-order valence-electron chi connectivity index (χ1n) is 11.0. The van der Waals surface area contributed by atoms with Gasteiger partial charge in [-0.05, 0) is 49.6 Å². The quantitative estimate of drug-likeness (QED) is 0.382. The molecule has 34 heavy (non-hydrogen) atoms. The van der Waals surface area contributed by atoms with Crippen LogP contribution in [0.4, 0.5) is 20.2 Å². The summed E-state index contributed by atoms with van der Waals surface area (Å²) in [6, 6.07) is 2.46. The van der Waals surface area contributed by atoms with Crippen LogP contribution in [0.3, 0.4) is 0 Å². The highest BCUT2D eigenvalue weighted by Crippen LogP contribution is 2.47. The summed E-state index contributed by atoms with van der Waals surface area (Å²) in [5, 5.41) is 15.7. The van der Waals surface area contributed by atoms with E-state index >= 15 is 4.39 Å². The van der Waals surface area contributed by atoms with E-state index in [4.69, 9.17) is 16.3 Å². The summed E-state index contributed by atoms with van der Waals surface area (Å²) in [6.45, 7) is 1.17. The van der Waals surface area contributed by atoms with Crippen LogP contribution in [0.5, 0.6) is 0 Å². The summed E-state index contributed by atoms with van der Waals surface area (Å²) in [7, 11) is 1.63. The highest BCUT2D eigenvalue weighted by molar-refractivity contribution is 6.34. The van der Waals surface area contributed by atoms with E-state index in [2.05, 4.69) is 26.4 Å². The highest BCUT2D eigenvalue weighted by atomic mass is 35.5. The molecule has 2 atom stereocenters. The van der Waals surface area contributed by atoms with E-state index in [0.717, 1.165) is 25.3 Å². The molecule has 180 valence electrons.